The summed E-state index contributed by atoms with van der Waals surface area (Å²) < 4.78 is 8.98. The number of anilines is 3. The third kappa shape index (κ3) is 5.87. The maximum absolute atomic E-state index is 5.31. The van der Waals surface area contributed by atoms with Gasteiger partial charge in [0, 0.05) is 55.4 Å². The molecule has 0 aliphatic rings. The maximum Gasteiger partial charge on any atom is 0.238 e. The Morgan fingerprint density at radius 3 is 1.44 bits per heavy atom. The van der Waals surface area contributed by atoms with Crippen LogP contribution in [-0.2, 0) is 0 Å². The van der Waals surface area contributed by atoms with E-state index in [0.29, 0.717) is 17.6 Å². The lowest BCUT2D eigenvalue weighted by Gasteiger charge is -2.25. The first-order valence-corrected chi connectivity index (χ1v) is 19.9. The maximum atomic E-state index is 5.31. The van der Waals surface area contributed by atoms with Crippen LogP contribution in [0.2, 0.25) is 0 Å². The third-order valence-electron chi connectivity index (χ3n) is 10.9. The van der Waals surface area contributed by atoms with E-state index < -0.39 is 0 Å². The van der Waals surface area contributed by atoms with Crippen LogP contribution in [0.15, 0.2) is 205 Å². The normalized spacial score (nSPS) is 11.5. The predicted molar refractivity (Wildman–Crippen MR) is 244 cm³/mol. The molecule has 278 valence electrons. The van der Waals surface area contributed by atoms with Crippen molar-refractivity contribution in [1.82, 2.24) is 24.1 Å². The van der Waals surface area contributed by atoms with E-state index >= 15 is 0 Å². The highest BCUT2D eigenvalue weighted by molar-refractivity contribution is 7.04. The largest absolute Gasteiger partial charge is 0.310 e. The highest BCUT2D eigenvalue weighted by Gasteiger charge is 2.25. The molecule has 0 aliphatic carbocycles. The van der Waals surface area contributed by atoms with Gasteiger partial charge in [-0.25, -0.2) is 9.73 Å². The molecule has 0 saturated carbocycles. The Bertz CT molecular complexity index is 3230. The molecule has 0 bridgehead atoms. The third-order valence-corrected chi connectivity index (χ3v) is 11.2. The number of hydrogen-bond donors (Lipinski definition) is 0. The summed E-state index contributed by atoms with van der Waals surface area (Å²) in [4.78, 5) is 18.0. The van der Waals surface area contributed by atoms with E-state index in [4.69, 9.17) is 15.0 Å². The summed E-state index contributed by atoms with van der Waals surface area (Å²) in [5.41, 5.74) is 10.9. The van der Waals surface area contributed by atoms with E-state index in [9.17, 15) is 0 Å². The van der Waals surface area contributed by atoms with Gasteiger partial charge in [-0.05, 0) is 81.8 Å². The van der Waals surface area contributed by atoms with Crippen molar-refractivity contribution in [3.8, 4) is 34.4 Å². The molecule has 3 heterocycles. The first-order valence-electron chi connectivity index (χ1n) is 19.5. The SMILES string of the molecule is P=Nc1ccc2c(c1)c1ccc3c4cc(N(c5ccccc5)c5ccccc5)ccc4n(-c4nc(-c5ccccc5)nc(-c5ccccc5)n4)c3c1n2-c1ccccc1. The number of aromatic nitrogens is 5. The minimum atomic E-state index is 0.529. The van der Waals surface area contributed by atoms with E-state index in [0.717, 1.165) is 83.2 Å². The van der Waals surface area contributed by atoms with Gasteiger partial charge in [0.1, 0.15) is 0 Å². The number of hydrogen-bond acceptors (Lipinski definition) is 5. The lowest BCUT2D eigenvalue weighted by Crippen LogP contribution is -2.10. The molecule has 0 spiro atoms. The summed E-state index contributed by atoms with van der Waals surface area (Å²) in [7, 11) is 3.41. The minimum Gasteiger partial charge on any atom is -0.310 e. The number of benzene rings is 8. The van der Waals surface area contributed by atoms with Gasteiger partial charge in [-0.15, -0.1) is 0 Å². The Morgan fingerprint density at radius 1 is 0.407 bits per heavy atom. The molecular weight excluding hydrogens is 742 g/mol. The molecule has 0 atom stereocenters. The van der Waals surface area contributed by atoms with E-state index in [1.807, 2.05) is 66.7 Å². The van der Waals surface area contributed by atoms with Gasteiger partial charge < -0.3 is 9.47 Å². The van der Waals surface area contributed by atoms with Crippen molar-refractivity contribution in [2.45, 2.75) is 0 Å². The molecule has 11 aromatic rings. The highest BCUT2D eigenvalue weighted by Crippen LogP contribution is 2.44. The van der Waals surface area contributed by atoms with Crippen LogP contribution in [0, 0.1) is 0 Å². The molecule has 7 nitrogen and oxygen atoms in total. The molecule has 0 fully saturated rings. The second-order valence-corrected chi connectivity index (χ2v) is 14.6. The number of para-hydroxylation sites is 3. The number of rotatable bonds is 8. The molecular formula is C51H34N7P. The van der Waals surface area contributed by atoms with Crippen LogP contribution in [-0.4, -0.2) is 24.1 Å². The first-order chi connectivity index (χ1) is 29.2. The van der Waals surface area contributed by atoms with Crippen LogP contribution in [0.4, 0.5) is 22.7 Å². The summed E-state index contributed by atoms with van der Waals surface area (Å²) >= 11 is 0. The molecule has 8 heteroatoms. The molecule has 59 heavy (non-hydrogen) atoms. The van der Waals surface area contributed by atoms with Crippen LogP contribution in [0.5, 0.6) is 0 Å². The molecule has 0 N–H and O–H groups in total. The molecule has 3 aromatic heterocycles. The van der Waals surface area contributed by atoms with Crippen molar-refractivity contribution >= 4 is 75.4 Å². The Kier molecular flexibility index (Phi) is 8.38. The second-order valence-electron chi connectivity index (χ2n) is 14.4. The molecule has 0 saturated heterocycles. The molecule has 11 rings (SSSR count). The lowest BCUT2D eigenvalue weighted by atomic mass is 10.1. The molecule has 0 amide bonds. The zero-order valence-electron chi connectivity index (χ0n) is 31.7. The summed E-state index contributed by atoms with van der Waals surface area (Å²) in [6.07, 6.45) is 0. The molecule has 0 aliphatic heterocycles. The minimum absolute atomic E-state index is 0.529. The fourth-order valence-corrected chi connectivity index (χ4v) is 8.48. The Balaban J connectivity index is 1.30. The van der Waals surface area contributed by atoms with Crippen LogP contribution in [0.1, 0.15) is 0 Å². The number of fused-ring (bicyclic) bond motifs is 7. The first kappa shape index (κ1) is 34.5. The Morgan fingerprint density at radius 2 is 0.881 bits per heavy atom. The average Bonchev–Trinajstić information content (AvgIpc) is 3.83. The number of nitrogens with zero attached hydrogens (tertiary/aromatic N) is 7. The van der Waals surface area contributed by atoms with Crippen molar-refractivity contribution in [2.24, 2.45) is 4.74 Å². The Hall–Kier alpha value is -7.73. The van der Waals surface area contributed by atoms with E-state index in [-0.39, 0.29) is 0 Å². The lowest BCUT2D eigenvalue weighted by molar-refractivity contribution is 0.953. The molecule has 8 aromatic carbocycles. The molecule has 0 radical (unpaired) electrons. The van der Waals surface area contributed by atoms with Gasteiger partial charge in [0.15, 0.2) is 11.6 Å². The predicted octanol–water partition coefficient (Wildman–Crippen LogP) is 13.8. The zero-order chi connectivity index (χ0) is 39.3. The van der Waals surface area contributed by atoms with Crippen molar-refractivity contribution in [2.75, 3.05) is 4.90 Å². The van der Waals surface area contributed by atoms with Crippen molar-refractivity contribution in [3.63, 3.8) is 0 Å². The topological polar surface area (TPSA) is 64.1 Å². The van der Waals surface area contributed by atoms with Gasteiger partial charge in [-0.1, -0.05) is 127 Å². The molecule has 0 unspecified atom stereocenters. The van der Waals surface area contributed by atoms with E-state index in [1.165, 1.54) is 0 Å². The van der Waals surface area contributed by atoms with Gasteiger partial charge in [0.05, 0.1) is 27.8 Å². The van der Waals surface area contributed by atoms with Gasteiger partial charge in [-0.2, -0.15) is 9.97 Å². The Labute approximate surface area is 342 Å². The monoisotopic (exact) mass is 775 g/mol. The van der Waals surface area contributed by atoms with Crippen molar-refractivity contribution in [3.05, 3.63) is 200 Å². The zero-order valence-corrected chi connectivity index (χ0v) is 32.7. The fraction of sp³-hybridized carbons (Fsp3) is 0. The van der Waals surface area contributed by atoms with E-state index in [1.54, 1.807) is 0 Å². The van der Waals surface area contributed by atoms with Gasteiger partial charge >= 0.3 is 0 Å². The van der Waals surface area contributed by atoms with Gasteiger partial charge in [-0.3, -0.25) is 4.57 Å². The highest BCUT2D eigenvalue weighted by atomic mass is 31.0. The quantitative estimate of drug-likeness (QED) is 0.144. The van der Waals surface area contributed by atoms with Crippen molar-refractivity contribution in [1.29, 1.82) is 0 Å². The van der Waals surface area contributed by atoms with Crippen LogP contribution in [0.3, 0.4) is 0 Å². The van der Waals surface area contributed by atoms with E-state index in [2.05, 4.69) is 161 Å². The summed E-state index contributed by atoms with van der Waals surface area (Å²) in [5.74, 6) is 1.72. The average molecular weight is 776 g/mol. The van der Waals surface area contributed by atoms with Gasteiger partial charge in [0.25, 0.3) is 0 Å². The van der Waals surface area contributed by atoms with Gasteiger partial charge in [0.2, 0.25) is 5.95 Å². The summed E-state index contributed by atoms with van der Waals surface area (Å²) in [5, 5.41) is 4.32. The van der Waals surface area contributed by atoms with Crippen LogP contribution in [0.25, 0.3) is 78.0 Å². The van der Waals surface area contributed by atoms with Crippen molar-refractivity contribution < 1.29 is 0 Å². The van der Waals surface area contributed by atoms with Crippen LogP contribution >= 0.6 is 9.03 Å². The smallest absolute Gasteiger partial charge is 0.238 e. The summed E-state index contributed by atoms with van der Waals surface area (Å²) in [6.45, 7) is 0. The second kappa shape index (κ2) is 14.3. The fourth-order valence-electron chi connectivity index (χ4n) is 8.34. The van der Waals surface area contributed by atoms with Crippen LogP contribution < -0.4 is 4.90 Å². The standard InChI is InChI=1S/C51H34N7P/c59-55-36-26-30-45-43(32-36)41-28-29-42-44-33-40(56(37-20-10-3-11-21-37)38-22-12-4-13-23-38)27-31-46(44)58(48(42)47(41)57(45)39-24-14-5-15-25-39)51-53-49(34-16-6-1-7-17-34)52-50(54-51)35-18-8-2-9-19-35/h1-33,59H. The summed E-state index contributed by atoms with van der Waals surface area (Å²) in [6, 6.07) is 69.4.